The van der Waals surface area contributed by atoms with Gasteiger partial charge in [0.25, 0.3) is 0 Å². The number of fused-ring (bicyclic) bond motifs is 1. The molecule has 0 unspecified atom stereocenters. The number of rotatable bonds is 1. The Bertz CT molecular complexity index is 451. The quantitative estimate of drug-likeness (QED) is 0.751. The summed E-state index contributed by atoms with van der Waals surface area (Å²) in [7, 11) is 0. The third-order valence-electron chi connectivity index (χ3n) is 1.72. The maximum Gasteiger partial charge on any atom is 0.159 e. The summed E-state index contributed by atoms with van der Waals surface area (Å²) in [6, 6.07) is 7.94. The van der Waals surface area contributed by atoms with Crippen molar-refractivity contribution in [1.29, 1.82) is 0 Å². The van der Waals surface area contributed by atoms with Crippen LogP contribution in [0.2, 0.25) is 0 Å². The molecule has 64 valence electrons. The molecule has 0 bridgehead atoms. The van der Waals surface area contributed by atoms with Crippen molar-refractivity contribution in [2.24, 2.45) is 0 Å². The van der Waals surface area contributed by atoms with Crippen molar-refractivity contribution in [3.8, 4) is 0 Å². The highest BCUT2D eigenvalue weighted by atomic mass is 127. The number of hydrogen-bond acceptors (Lipinski definition) is 2. The van der Waals surface area contributed by atoms with Crippen molar-refractivity contribution in [2.45, 2.75) is 0 Å². The van der Waals surface area contributed by atoms with Gasteiger partial charge in [0.05, 0.1) is 5.69 Å². The van der Waals surface area contributed by atoms with Crippen molar-refractivity contribution in [1.82, 2.24) is 9.97 Å². The van der Waals surface area contributed by atoms with E-state index in [9.17, 15) is 0 Å². The zero-order valence-electron chi connectivity index (χ0n) is 6.81. The molecule has 0 N–H and O–H groups in total. The Hall–Kier alpha value is -0.970. The van der Waals surface area contributed by atoms with Gasteiger partial charge in [0.1, 0.15) is 0 Å². The van der Waals surface area contributed by atoms with Gasteiger partial charge >= 0.3 is 0 Å². The molecule has 0 saturated carbocycles. The lowest BCUT2D eigenvalue weighted by molar-refractivity contribution is 1.27. The Morgan fingerprint density at radius 1 is 1.23 bits per heavy atom. The predicted molar refractivity (Wildman–Crippen MR) is 62.6 cm³/mol. The summed E-state index contributed by atoms with van der Waals surface area (Å²) in [4.78, 5) is 8.54. The van der Waals surface area contributed by atoms with Gasteiger partial charge in [0.15, 0.2) is 5.65 Å². The number of halogens is 1. The van der Waals surface area contributed by atoms with E-state index < -0.39 is 0 Å². The summed E-state index contributed by atoms with van der Waals surface area (Å²) in [5.41, 5.74) is 1.75. The van der Waals surface area contributed by atoms with E-state index in [1.54, 1.807) is 6.20 Å². The van der Waals surface area contributed by atoms with E-state index >= 15 is 0 Å². The fourth-order valence-corrected chi connectivity index (χ4v) is 1.49. The lowest BCUT2D eigenvalue weighted by Crippen LogP contribution is -1.85. The second-order valence-electron chi connectivity index (χ2n) is 2.58. The number of aromatic nitrogens is 2. The first kappa shape index (κ1) is 8.62. The second-order valence-corrected chi connectivity index (χ2v) is 3.30. The minimum Gasteiger partial charge on any atom is -0.237 e. The molecule has 2 aromatic heterocycles. The molecular formula is C10H7IN2. The van der Waals surface area contributed by atoms with Crippen LogP contribution >= 0.6 is 22.6 Å². The van der Waals surface area contributed by atoms with Crippen LogP contribution in [0.3, 0.4) is 0 Å². The molecule has 0 atom stereocenters. The maximum atomic E-state index is 4.36. The van der Waals surface area contributed by atoms with Gasteiger partial charge in [-0.15, -0.1) is 0 Å². The normalized spacial score (nSPS) is 11.2. The summed E-state index contributed by atoms with van der Waals surface area (Å²) in [6.07, 6.45) is 3.71. The van der Waals surface area contributed by atoms with Gasteiger partial charge < -0.3 is 0 Å². The Morgan fingerprint density at radius 2 is 2.15 bits per heavy atom. The fourth-order valence-electron chi connectivity index (χ4n) is 1.12. The first-order chi connectivity index (χ1) is 6.40. The number of nitrogens with zero attached hydrogens (tertiary/aromatic N) is 2. The van der Waals surface area contributed by atoms with Gasteiger partial charge in [0.2, 0.25) is 0 Å². The van der Waals surface area contributed by atoms with Gasteiger partial charge in [-0.3, -0.25) is 0 Å². The second kappa shape index (κ2) is 3.83. The van der Waals surface area contributed by atoms with E-state index in [0.717, 1.165) is 16.7 Å². The van der Waals surface area contributed by atoms with E-state index in [1.807, 2.05) is 34.4 Å². The molecular weight excluding hydrogens is 275 g/mol. The highest BCUT2D eigenvalue weighted by Gasteiger charge is 1.94. The van der Waals surface area contributed by atoms with Crippen LogP contribution < -0.4 is 0 Å². The van der Waals surface area contributed by atoms with Crippen LogP contribution in [0.15, 0.2) is 34.5 Å². The van der Waals surface area contributed by atoms with Crippen LogP contribution in [0.4, 0.5) is 0 Å². The van der Waals surface area contributed by atoms with Gasteiger partial charge in [-0.25, -0.2) is 9.97 Å². The van der Waals surface area contributed by atoms with E-state index in [-0.39, 0.29) is 0 Å². The SMILES string of the molecule is IC=Cc1ccc2cccnc2n1. The average molecular weight is 282 g/mol. The monoisotopic (exact) mass is 282 g/mol. The molecule has 0 saturated heterocycles. The van der Waals surface area contributed by atoms with Crippen molar-refractivity contribution < 1.29 is 0 Å². The average Bonchev–Trinajstić information content (AvgIpc) is 2.18. The van der Waals surface area contributed by atoms with E-state index in [2.05, 4.69) is 32.6 Å². The van der Waals surface area contributed by atoms with E-state index in [0.29, 0.717) is 0 Å². The summed E-state index contributed by atoms with van der Waals surface area (Å²) in [5, 5.41) is 1.08. The Labute approximate surface area is 89.9 Å². The Morgan fingerprint density at radius 3 is 3.00 bits per heavy atom. The Kier molecular flexibility index (Phi) is 2.54. The van der Waals surface area contributed by atoms with Crippen LogP contribution in [0.5, 0.6) is 0 Å². The van der Waals surface area contributed by atoms with Crippen LogP contribution in [-0.2, 0) is 0 Å². The van der Waals surface area contributed by atoms with Crippen molar-refractivity contribution in [3.63, 3.8) is 0 Å². The van der Waals surface area contributed by atoms with Crippen LogP contribution in [0.25, 0.3) is 17.1 Å². The predicted octanol–water partition coefficient (Wildman–Crippen LogP) is 3.04. The minimum atomic E-state index is 0.800. The van der Waals surface area contributed by atoms with Gasteiger partial charge in [-0.1, -0.05) is 22.6 Å². The summed E-state index contributed by atoms with van der Waals surface area (Å²) in [5.74, 6) is 0. The molecule has 0 radical (unpaired) electrons. The van der Waals surface area contributed by atoms with Gasteiger partial charge in [0, 0.05) is 11.6 Å². The smallest absolute Gasteiger partial charge is 0.159 e. The molecule has 13 heavy (non-hydrogen) atoms. The third-order valence-corrected chi connectivity index (χ3v) is 2.08. The van der Waals surface area contributed by atoms with Crippen molar-refractivity contribution >= 4 is 39.7 Å². The molecule has 3 heteroatoms. The molecule has 2 rings (SSSR count). The molecule has 0 spiro atoms. The largest absolute Gasteiger partial charge is 0.237 e. The first-order valence-corrected chi connectivity index (χ1v) is 5.13. The molecule has 0 fully saturated rings. The molecule has 0 aliphatic heterocycles. The molecule has 0 aromatic carbocycles. The Balaban J connectivity index is 2.62. The molecule has 2 nitrogen and oxygen atoms in total. The molecule has 0 amide bonds. The summed E-state index contributed by atoms with van der Waals surface area (Å²) >= 11 is 2.17. The van der Waals surface area contributed by atoms with Crippen molar-refractivity contribution in [2.75, 3.05) is 0 Å². The lowest BCUT2D eigenvalue weighted by Gasteiger charge is -1.96. The minimum absolute atomic E-state index is 0.800. The molecule has 0 aliphatic carbocycles. The summed E-state index contributed by atoms with van der Waals surface area (Å²) < 4.78 is 1.94. The van der Waals surface area contributed by atoms with Crippen LogP contribution in [0, 0.1) is 0 Å². The fraction of sp³-hybridized carbons (Fsp3) is 0. The first-order valence-electron chi connectivity index (χ1n) is 3.89. The standard InChI is InChI=1S/C10H7IN2/c11-6-5-9-4-3-8-2-1-7-12-10(8)13-9/h1-7H. The van der Waals surface area contributed by atoms with Gasteiger partial charge in [-0.2, -0.15) is 0 Å². The lowest BCUT2D eigenvalue weighted by atomic mass is 10.2. The molecule has 2 aromatic rings. The highest BCUT2D eigenvalue weighted by molar-refractivity contribution is 14.1. The zero-order valence-corrected chi connectivity index (χ0v) is 8.97. The number of hydrogen-bond donors (Lipinski definition) is 0. The topological polar surface area (TPSA) is 25.8 Å². The maximum absolute atomic E-state index is 4.36. The molecule has 2 heterocycles. The highest BCUT2D eigenvalue weighted by Crippen LogP contribution is 2.10. The van der Waals surface area contributed by atoms with Crippen LogP contribution in [-0.4, -0.2) is 9.97 Å². The third kappa shape index (κ3) is 1.85. The summed E-state index contributed by atoms with van der Waals surface area (Å²) in [6.45, 7) is 0. The zero-order chi connectivity index (χ0) is 9.10. The van der Waals surface area contributed by atoms with Crippen LogP contribution in [0.1, 0.15) is 5.69 Å². The van der Waals surface area contributed by atoms with E-state index in [1.165, 1.54) is 0 Å². The van der Waals surface area contributed by atoms with E-state index in [4.69, 9.17) is 0 Å². The van der Waals surface area contributed by atoms with Crippen molar-refractivity contribution in [3.05, 3.63) is 40.2 Å². The van der Waals surface area contributed by atoms with Gasteiger partial charge in [-0.05, 0) is 34.4 Å². The number of pyridine rings is 2. The molecule has 0 aliphatic rings.